The third-order valence-electron chi connectivity index (χ3n) is 4.17. The number of rotatable bonds is 7. The highest BCUT2D eigenvalue weighted by Gasteiger charge is 2.28. The van der Waals surface area contributed by atoms with Crippen molar-refractivity contribution in [2.75, 3.05) is 5.75 Å². The fraction of sp³-hybridized carbons (Fsp3) is 0.562. The van der Waals surface area contributed by atoms with Crippen molar-refractivity contribution in [3.8, 4) is 0 Å². The van der Waals surface area contributed by atoms with E-state index in [1.165, 1.54) is 11.1 Å². The maximum absolute atomic E-state index is 12.1. The molecule has 1 aromatic rings. The van der Waals surface area contributed by atoms with Crippen LogP contribution in [-0.4, -0.2) is 31.3 Å². The number of aliphatic carboxylic acids is 1. The molecule has 0 heterocycles. The summed E-state index contributed by atoms with van der Waals surface area (Å²) in [4.78, 5) is 11.1. The van der Waals surface area contributed by atoms with Crippen LogP contribution in [0.1, 0.15) is 31.4 Å². The van der Waals surface area contributed by atoms with Crippen molar-refractivity contribution in [1.29, 1.82) is 0 Å². The van der Waals surface area contributed by atoms with Crippen molar-refractivity contribution < 1.29 is 18.3 Å². The van der Waals surface area contributed by atoms with Crippen molar-refractivity contribution >= 4 is 16.0 Å². The van der Waals surface area contributed by atoms with Gasteiger partial charge in [-0.15, -0.1) is 0 Å². The number of hydrogen-bond donors (Lipinski definition) is 2. The van der Waals surface area contributed by atoms with Crippen LogP contribution in [0.15, 0.2) is 24.3 Å². The van der Waals surface area contributed by atoms with Gasteiger partial charge in [-0.3, -0.25) is 4.79 Å². The van der Waals surface area contributed by atoms with Crippen LogP contribution in [0, 0.1) is 11.8 Å². The Hall–Kier alpha value is -1.40. The lowest BCUT2D eigenvalue weighted by atomic mass is 10.0. The minimum absolute atomic E-state index is 0.0256. The molecule has 0 saturated carbocycles. The van der Waals surface area contributed by atoms with E-state index in [0.717, 1.165) is 12.8 Å². The Labute approximate surface area is 131 Å². The Morgan fingerprint density at radius 2 is 1.82 bits per heavy atom. The molecule has 0 fully saturated rings. The maximum atomic E-state index is 12.1. The van der Waals surface area contributed by atoms with E-state index in [-0.39, 0.29) is 11.7 Å². The van der Waals surface area contributed by atoms with E-state index in [1.807, 2.05) is 12.1 Å². The average molecular weight is 325 g/mol. The Kier molecular flexibility index (Phi) is 5.24. The van der Waals surface area contributed by atoms with Gasteiger partial charge in [0.2, 0.25) is 10.0 Å². The molecule has 2 rings (SSSR count). The lowest BCUT2D eigenvalue weighted by molar-refractivity contribution is -0.140. The fourth-order valence-corrected chi connectivity index (χ4v) is 4.42. The quantitative estimate of drug-likeness (QED) is 0.801. The molecule has 0 aliphatic heterocycles. The number of hydrogen-bond acceptors (Lipinski definition) is 3. The zero-order valence-corrected chi connectivity index (χ0v) is 13.8. The van der Waals surface area contributed by atoms with E-state index >= 15 is 0 Å². The van der Waals surface area contributed by atoms with Gasteiger partial charge in [0.15, 0.2) is 0 Å². The molecule has 2 N–H and O–H groups in total. The molecule has 0 bridgehead atoms. The van der Waals surface area contributed by atoms with Crippen LogP contribution in [0.3, 0.4) is 0 Å². The van der Waals surface area contributed by atoms with E-state index in [2.05, 4.69) is 16.9 Å². The average Bonchev–Trinajstić information content (AvgIpc) is 2.85. The van der Waals surface area contributed by atoms with Crippen LogP contribution < -0.4 is 4.72 Å². The predicted molar refractivity (Wildman–Crippen MR) is 85.1 cm³/mol. The maximum Gasteiger partial charge on any atom is 0.321 e. The second kappa shape index (κ2) is 6.79. The first-order valence-electron chi connectivity index (χ1n) is 7.58. The van der Waals surface area contributed by atoms with Gasteiger partial charge in [-0.05, 0) is 42.2 Å². The first kappa shape index (κ1) is 17.0. The van der Waals surface area contributed by atoms with E-state index in [9.17, 15) is 13.2 Å². The van der Waals surface area contributed by atoms with Gasteiger partial charge in [-0.1, -0.05) is 38.1 Å². The highest BCUT2D eigenvalue weighted by molar-refractivity contribution is 7.89. The van der Waals surface area contributed by atoms with Crippen LogP contribution in [0.4, 0.5) is 0 Å². The topological polar surface area (TPSA) is 83.5 Å². The highest BCUT2D eigenvalue weighted by atomic mass is 32.2. The molecular weight excluding hydrogens is 302 g/mol. The van der Waals surface area contributed by atoms with E-state index < -0.39 is 22.0 Å². The SMILES string of the molecule is CC(C)[C@H](NS(=O)(=O)CCC1Cc2ccccc2C1)C(=O)O. The van der Waals surface area contributed by atoms with Crippen molar-refractivity contribution in [2.45, 2.75) is 39.2 Å². The van der Waals surface area contributed by atoms with Gasteiger partial charge >= 0.3 is 5.97 Å². The van der Waals surface area contributed by atoms with Crippen LogP contribution in [0.5, 0.6) is 0 Å². The Morgan fingerprint density at radius 1 is 1.27 bits per heavy atom. The van der Waals surface area contributed by atoms with Crippen molar-refractivity contribution in [2.24, 2.45) is 11.8 Å². The normalized spacial score (nSPS) is 16.7. The molecule has 5 nitrogen and oxygen atoms in total. The molecule has 1 aromatic carbocycles. The highest BCUT2D eigenvalue weighted by Crippen LogP contribution is 2.28. The Morgan fingerprint density at radius 3 is 2.27 bits per heavy atom. The first-order chi connectivity index (χ1) is 10.3. The molecule has 6 heteroatoms. The fourth-order valence-electron chi connectivity index (χ4n) is 2.90. The Balaban J connectivity index is 1.90. The summed E-state index contributed by atoms with van der Waals surface area (Å²) >= 11 is 0. The molecule has 0 aromatic heterocycles. The zero-order valence-electron chi connectivity index (χ0n) is 13.0. The number of benzene rings is 1. The summed E-state index contributed by atoms with van der Waals surface area (Å²) < 4.78 is 26.5. The van der Waals surface area contributed by atoms with E-state index in [1.54, 1.807) is 13.8 Å². The zero-order chi connectivity index (χ0) is 16.3. The minimum atomic E-state index is -3.58. The van der Waals surface area contributed by atoms with Crippen molar-refractivity contribution in [1.82, 2.24) is 4.72 Å². The van der Waals surface area contributed by atoms with Crippen LogP contribution >= 0.6 is 0 Å². The molecule has 0 unspecified atom stereocenters. The van der Waals surface area contributed by atoms with Crippen LogP contribution in [-0.2, 0) is 27.7 Å². The molecule has 22 heavy (non-hydrogen) atoms. The second-order valence-corrected chi connectivity index (χ2v) is 8.20. The predicted octanol–water partition coefficient (Wildman–Crippen LogP) is 1.82. The molecule has 0 amide bonds. The summed E-state index contributed by atoms with van der Waals surface area (Å²) in [7, 11) is -3.58. The summed E-state index contributed by atoms with van der Waals surface area (Å²) in [5.74, 6) is -1.13. The second-order valence-electron chi connectivity index (χ2n) is 6.33. The summed E-state index contributed by atoms with van der Waals surface area (Å²) in [5.41, 5.74) is 2.59. The van der Waals surface area contributed by atoms with Gasteiger partial charge in [0.1, 0.15) is 6.04 Å². The van der Waals surface area contributed by atoms with Gasteiger partial charge < -0.3 is 5.11 Å². The number of fused-ring (bicyclic) bond motifs is 1. The van der Waals surface area contributed by atoms with Gasteiger partial charge in [0.05, 0.1) is 5.75 Å². The first-order valence-corrected chi connectivity index (χ1v) is 9.23. The lowest BCUT2D eigenvalue weighted by Gasteiger charge is -2.18. The molecule has 1 aliphatic carbocycles. The molecule has 1 aliphatic rings. The molecule has 1 atom stereocenters. The number of carboxylic acid groups (broad SMARTS) is 1. The largest absolute Gasteiger partial charge is 0.480 e. The minimum Gasteiger partial charge on any atom is -0.480 e. The number of sulfonamides is 1. The van der Waals surface area contributed by atoms with Gasteiger partial charge in [0.25, 0.3) is 0 Å². The van der Waals surface area contributed by atoms with Gasteiger partial charge in [0, 0.05) is 0 Å². The van der Waals surface area contributed by atoms with Gasteiger partial charge in [-0.2, -0.15) is 0 Å². The monoisotopic (exact) mass is 325 g/mol. The number of nitrogens with one attached hydrogen (secondary N) is 1. The molecule has 0 saturated heterocycles. The summed E-state index contributed by atoms with van der Waals surface area (Å²) in [6.45, 7) is 3.38. The number of carbonyl (C=O) groups is 1. The lowest BCUT2D eigenvalue weighted by Crippen LogP contribution is -2.45. The molecule has 0 radical (unpaired) electrons. The smallest absolute Gasteiger partial charge is 0.321 e. The molecule has 0 spiro atoms. The Bertz CT molecular complexity index is 614. The summed E-state index contributed by atoms with van der Waals surface area (Å²) in [6.07, 6.45) is 2.35. The third kappa shape index (κ3) is 4.30. The van der Waals surface area contributed by atoms with Crippen LogP contribution in [0.25, 0.3) is 0 Å². The summed E-state index contributed by atoms with van der Waals surface area (Å²) in [5, 5.41) is 9.08. The van der Waals surface area contributed by atoms with E-state index in [4.69, 9.17) is 5.11 Å². The van der Waals surface area contributed by atoms with Crippen LogP contribution in [0.2, 0.25) is 0 Å². The van der Waals surface area contributed by atoms with Crippen molar-refractivity contribution in [3.63, 3.8) is 0 Å². The van der Waals surface area contributed by atoms with Gasteiger partial charge in [-0.25, -0.2) is 13.1 Å². The summed E-state index contributed by atoms with van der Waals surface area (Å²) in [6, 6.07) is 7.10. The molecular formula is C16H23NO4S. The van der Waals surface area contributed by atoms with E-state index in [0.29, 0.717) is 12.3 Å². The standard InChI is InChI=1S/C16H23NO4S/c1-11(2)15(16(18)19)17-22(20,21)8-7-12-9-13-5-3-4-6-14(13)10-12/h3-6,11-12,15,17H,7-10H2,1-2H3,(H,18,19)/t15-/m0/s1. The van der Waals surface area contributed by atoms with Crippen molar-refractivity contribution in [3.05, 3.63) is 35.4 Å². The number of carboxylic acids is 1. The molecule has 122 valence electrons. The third-order valence-corrected chi connectivity index (χ3v) is 5.56.